The Morgan fingerprint density at radius 2 is 1.79 bits per heavy atom. The number of benzene rings is 2. The van der Waals surface area contributed by atoms with Crippen LogP contribution < -0.4 is 4.31 Å². The lowest BCUT2D eigenvalue weighted by Gasteiger charge is -2.38. The molecule has 0 heterocycles. The fourth-order valence-corrected chi connectivity index (χ4v) is 5.17. The molecule has 9 heteroatoms. The van der Waals surface area contributed by atoms with Gasteiger partial charge in [-0.05, 0) is 38.0 Å². The minimum Gasteiger partial charge on any atom is -0.391 e. The molecule has 150 valence electrons. The molecule has 2 unspecified atom stereocenters. The zero-order valence-electron chi connectivity index (χ0n) is 15.3. The average molecular weight is 408 g/mol. The summed E-state index contributed by atoms with van der Waals surface area (Å²) >= 11 is 0. The molecule has 3 rings (SSSR count). The second kappa shape index (κ2) is 7.84. The third-order valence-corrected chi connectivity index (χ3v) is 6.80. The lowest BCUT2D eigenvalue weighted by atomic mass is 9.92. The Morgan fingerprint density at radius 1 is 1.14 bits per heavy atom. The van der Waals surface area contributed by atoms with Gasteiger partial charge in [-0.2, -0.15) is 0 Å². The van der Waals surface area contributed by atoms with Gasteiger partial charge in [-0.15, -0.1) is 0 Å². The molecule has 28 heavy (non-hydrogen) atoms. The van der Waals surface area contributed by atoms with E-state index < -0.39 is 44.3 Å². The van der Waals surface area contributed by atoms with E-state index in [4.69, 9.17) is 0 Å². The van der Waals surface area contributed by atoms with E-state index in [0.717, 1.165) is 34.5 Å². The summed E-state index contributed by atoms with van der Waals surface area (Å²) in [6, 6.07) is 7.90. The van der Waals surface area contributed by atoms with Crippen LogP contribution in [-0.2, 0) is 10.0 Å². The first-order valence-electron chi connectivity index (χ1n) is 8.95. The van der Waals surface area contributed by atoms with Gasteiger partial charge in [0.2, 0.25) is 0 Å². The number of halogens is 1. The smallest absolute Gasteiger partial charge is 0.271 e. The minimum absolute atomic E-state index is 0.0678. The SMILES string of the molecule is Cc1ccc(S(=O)(=O)N(c2cc([N+](=O)[O-])ccc2F)C2CCCCC2O)cc1. The molecule has 7 nitrogen and oxygen atoms in total. The molecular formula is C19H21FN2O5S. The fraction of sp³-hybridized carbons (Fsp3) is 0.368. The highest BCUT2D eigenvalue weighted by atomic mass is 32.2. The van der Waals surface area contributed by atoms with E-state index in [9.17, 15) is 28.0 Å². The summed E-state index contributed by atoms with van der Waals surface area (Å²) < 4.78 is 42.3. The highest BCUT2D eigenvalue weighted by Gasteiger charge is 2.39. The molecule has 0 amide bonds. The first kappa shape index (κ1) is 20.2. The van der Waals surface area contributed by atoms with Crippen LogP contribution in [0.25, 0.3) is 0 Å². The van der Waals surface area contributed by atoms with Gasteiger partial charge in [0.15, 0.2) is 0 Å². The van der Waals surface area contributed by atoms with Crippen molar-refractivity contribution >= 4 is 21.4 Å². The maximum absolute atomic E-state index is 14.7. The van der Waals surface area contributed by atoms with Crippen molar-refractivity contribution in [1.29, 1.82) is 0 Å². The summed E-state index contributed by atoms with van der Waals surface area (Å²) in [6.07, 6.45) is 1.11. The molecule has 0 bridgehead atoms. The molecule has 0 aliphatic heterocycles. The van der Waals surface area contributed by atoms with Gasteiger partial charge in [0.05, 0.1) is 27.7 Å². The predicted molar refractivity (Wildman–Crippen MR) is 102 cm³/mol. The molecule has 0 aromatic heterocycles. The summed E-state index contributed by atoms with van der Waals surface area (Å²) in [7, 11) is -4.26. The summed E-state index contributed by atoms with van der Waals surface area (Å²) in [5.74, 6) is -0.904. The van der Waals surface area contributed by atoms with Crippen LogP contribution in [-0.4, -0.2) is 30.6 Å². The molecule has 2 atom stereocenters. The van der Waals surface area contributed by atoms with Gasteiger partial charge >= 0.3 is 0 Å². The van der Waals surface area contributed by atoms with E-state index in [1.165, 1.54) is 12.1 Å². The summed E-state index contributed by atoms with van der Waals surface area (Å²) in [5.41, 5.74) is -0.00346. The highest BCUT2D eigenvalue weighted by Crippen LogP contribution is 2.36. The lowest BCUT2D eigenvalue weighted by Crippen LogP contribution is -2.49. The molecule has 0 radical (unpaired) electrons. The Morgan fingerprint density at radius 3 is 2.39 bits per heavy atom. The van der Waals surface area contributed by atoms with Gasteiger partial charge in [-0.3, -0.25) is 14.4 Å². The van der Waals surface area contributed by atoms with Crippen molar-refractivity contribution in [3.63, 3.8) is 0 Å². The molecule has 2 aromatic rings. The third-order valence-electron chi connectivity index (χ3n) is 4.95. The van der Waals surface area contributed by atoms with E-state index in [0.29, 0.717) is 19.3 Å². The molecular weight excluding hydrogens is 387 g/mol. The van der Waals surface area contributed by atoms with Crippen LogP contribution in [0.1, 0.15) is 31.2 Å². The monoisotopic (exact) mass is 408 g/mol. The second-order valence-corrected chi connectivity index (χ2v) is 8.74. The number of hydrogen-bond donors (Lipinski definition) is 1. The van der Waals surface area contributed by atoms with Gasteiger partial charge in [0.1, 0.15) is 5.82 Å². The van der Waals surface area contributed by atoms with Gasteiger partial charge < -0.3 is 5.11 Å². The van der Waals surface area contributed by atoms with Crippen LogP contribution in [0.2, 0.25) is 0 Å². The number of nitrogens with zero attached hydrogens (tertiary/aromatic N) is 2. The van der Waals surface area contributed by atoms with E-state index >= 15 is 0 Å². The van der Waals surface area contributed by atoms with Crippen molar-refractivity contribution in [2.24, 2.45) is 0 Å². The Bertz CT molecular complexity index is 978. The number of nitro groups is 1. The molecule has 0 spiro atoms. The van der Waals surface area contributed by atoms with Gasteiger partial charge in [-0.1, -0.05) is 30.5 Å². The summed E-state index contributed by atoms with van der Waals surface area (Å²) in [5, 5.41) is 21.6. The molecule has 1 saturated carbocycles. The maximum Gasteiger partial charge on any atom is 0.271 e. The Kier molecular flexibility index (Phi) is 5.66. The first-order valence-corrected chi connectivity index (χ1v) is 10.4. The summed E-state index contributed by atoms with van der Waals surface area (Å²) in [6.45, 7) is 1.80. The van der Waals surface area contributed by atoms with Crippen molar-refractivity contribution in [2.75, 3.05) is 4.31 Å². The van der Waals surface area contributed by atoms with Gasteiger partial charge in [-0.25, -0.2) is 12.8 Å². The molecule has 1 aliphatic rings. The predicted octanol–water partition coefficient (Wildman–Crippen LogP) is 3.54. The number of aliphatic hydroxyl groups excluding tert-OH is 1. The molecule has 2 aromatic carbocycles. The quantitative estimate of drug-likeness (QED) is 0.602. The number of anilines is 1. The fourth-order valence-electron chi connectivity index (χ4n) is 3.46. The number of hydrogen-bond acceptors (Lipinski definition) is 5. The van der Waals surface area contributed by atoms with Crippen LogP contribution in [0.3, 0.4) is 0 Å². The number of aryl methyl sites for hydroxylation is 1. The van der Waals surface area contributed by atoms with Crippen LogP contribution in [0.5, 0.6) is 0 Å². The zero-order valence-corrected chi connectivity index (χ0v) is 16.1. The Balaban J connectivity index is 2.20. The van der Waals surface area contributed by atoms with Crippen LogP contribution in [0.15, 0.2) is 47.4 Å². The maximum atomic E-state index is 14.7. The lowest BCUT2D eigenvalue weighted by molar-refractivity contribution is -0.384. The van der Waals surface area contributed by atoms with Gasteiger partial charge in [0.25, 0.3) is 15.7 Å². The number of sulfonamides is 1. The van der Waals surface area contributed by atoms with Crippen LogP contribution in [0.4, 0.5) is 15.8 Å². The van der Waals surface area contributed by atoms with E-state index in [2.05, 4.69) is 0 Å². The van der Waals surface area contributed by atoms with Crippen LogP contribution in [0, 0.1) is 22.9 Å². The van der Waals surface area contributed by atoms with Crippen molar-refractivity contribution in [3.8, 4) is 0 Å². The van der Waals surface area contributed by atoms with Crippen molar-refractivity contribution < 1.29 is 22.8 Å². The van der Waals surface area contributed by atoms with Crippen molar-refractivity contribution in [2.45, 2.75) is 49.6 Å². The van der Waals surface area contributed by atoms with Crippen molar-refractivity contribution in [1.82, 2.24) is 0 Å². The number of nitro benzene ring substituents is 1. The summed E-state index contributed by atoms with van der Waals surface area (Å²) in [4.78, 5) is 10.4. The molecule has 1 fully saturated rings. The standard InChI is InChI=1S/C19H21FN2O5S/c1-13-6-9-15(10-7-13)28(26,27)21(17-4-2-3-5-19(17)23)18-12-14(22(24)25)8-11-16(18)20/h6-12,17,19,23H,2-5H2,1H3. The largest absolute Gasteiger partial charge is 0.391 e. The first-order chi connectivity index (χ1) is 13.2. The van der Waals surface area contributed by atoms with E-state index in [1.54, 1.807) is 19.1 Å². The van der Waals surface area contributed by atoms with Crippen LogP contribution >= 0.6 is 0 Å². The molecule has 1 aliphatic carbocycles. The zero-order chi connectivity index (χ0) is 20.5. The highest BCUT2D eigenvalue weighted by molar-refractivity contribution is 7.92. The number of rotatable bonds is 5. The minimum atomic E-state index is -4.26. The molecule has 0 saturated heterocycles. The third kappa shape index (κ3) is 3.85. The molecule has 1 N–H and O–H groups in total. The second-order valence-electron chi connectivity index (χ2n) is 6.93. The van der Waals surface area contributed by atoms with Crippen molar-refractivity contribution in [3.05, 3.63) is 64.0 Å². The van der Waals surface area contributed by atoms with E-state index in [-0.39, 0.29) is 4.90 Å². The number of non-ortho nitro benzene ring substituents is 1. The Labute approximate surface area is 162 Å². The Hall–Kier alpha value is -2.52. The van der Waals surface area contributed by atoms with E-state index in [1.807, 2.05) is 0 Å². The number of aliphatic hydroxyl groups is 1. The van der Waals surface area contributed by atoms with Gasteiger partial charge in [0, 0.05) is 12.1 Å². The normalized spacial score (nSPS) is 20.0. The topological polar surface area (TPSA) is 101 Å². The average Bonchev–Trinajstić information content (AvgIpc) is 2.65.